The van der Waals surface area contributed by atoms with Crippen molar-refractivity contribution < 1.29 is 29.4 Å². The molecule has 0 aliphatic carbocycles. The number of halogens is 2. The molecule has 1 atom stereocenters. The number of phenols is 1. The second kappa shape index (κ2) is 10.9. The van der Waals surface area contributed by atoms with Crippen molar-refractivity contribution in [3.05, 3.63) is 68.6 Å². The molecule has 10 heteroatoms. The lowest BCUT2D eigenvalue weighted by molar-refractivity contribution is -0.124. The first-order valence-corrected chi connectivity index (χ1v) is 10.2. The van der Waals surface area contributed by atoms with Gasteiger partial charge in [-0.3, -0.25) is 20.1 Å². The number of phenolic OH excluding ortho intramolecular Hbond substituents is 1. The lowest BCUT2D eigenvalue weighted by Crippen LogP contribution is -2.18. The maximum Gasteiger partial charge on any atom is 0.412 e. The number of benzene rings is 2. The molecule has 30 heavy (non-hydrogen) atoms. The number of anilines is 1. The van der Waals surface area contributed by atoms with Gasteiger partial charge in [-0.2, -0.15) is 0 Å². The third-order valence-electron chi connectivity index (χ3n) is 3.92. The van der Waals surface area contributed by atoms with E-state index in [0.29, 0.717) is 25.8 Å². The van der Waals surface area contributed by atoms with Gasteiger partial charge in [-0.25, -0.2) is 10.3 Å². The Labute approximate surface area is 189 Å². The van der Waals surface area contributed by atoms with Crippen molar-refractivity contribution in [2.45, 2.75) is 19.4 Å². The van der Waals surface area contributed by atoms with Gasteiger partial charge in [-0.15, -0.1) is 0 Å². The number of hydrogen-bond donors (Lipinski definition) is 4. The fraction of sp³-hybridized carbons (Fsp3) is 0.150. The number of aromatic hydroxyl groups is 1. The van der Waals surface area contributed by atoms with Crippen LogP contribution < -0.4 is 10.8 Å². The van der Waals surface area contributed by atoms with Gasteiger partial charge in [0, 0.05) is 33.8 Å². The topological polar surface area (TPSA) is 125 Å². The number of rotatable bonds is 7. The molecule has 0 aromatic heterocycles. The summed E-state index contributed by atoms with van der Waals surface area (Å²) in [5.41, 5.74) is 2.68. The largest absolute Gasteiger partial charge is 0.506 e. The van der Waals surface area contributed by atoms with Gasteiger partial charge < -0.3 is 9.84 Å². The van der Waals surface area contributed by atoms with E-state index in [4.69, 9.17) is 9.94 Å². The van der Waals surface area contributed by atoms with Crippen LogP contribution in [-0.4, -0.2) is 28.1 Å². The highest BCUT2D eigenvalue weighted by Crippen LogP contribution is 2.38. The predicted molar refractivity (Wildman–Crippen MR) is 116 cm³/mol. The number of nitrogens with one attached hydrogen (secondary N) is 2. The van der Waals surface area contributed by atoms with Gasteiger partial charge in [-0.1, -0.05) is 22.0 Å². The summed E-state index contributed by atoms with van der Waals surface area (Å²) >= 11 is 6.54. The van der Waals surface area contributed by atoms with Gasteiger partial charge >= 0.3 is 6.09 Å². The first-order valence-electron chi connectivity index (χ1n) is 8.58. The number of amides is 2. The molecule has 0 spiro atoms. The summed E-state index contributed by atoms with van der Waals surface area (Å²) in [7, 11) is 0. The average Bonchev–Trinajstić information content (AvgIpc) is 2.70. The van der Waals surface area contributed by atoms with Crippen LogP contribution >= 0.6 is 31.9 Å². The van der Waals surface area contributed by atoms with Crippen LogP contribution in [0.3, 0.4) is 0 Å². The first kappa shape index (κ1) is 23.6. The van der Waals surface area contributed by atoms with Crippen molar-refractivity contribution >= 4 is 55.3 Å². The molecule has 2 rings (SSSR count). The predicted octanol–water partition coefficient (Wildman–Crippen LogP) is 4.86. The van der Waals surface area contributed by atoms with E-state index in [2.05, 4.69) is 37.2 Å². The van der Waals surface area contributed by atoms with Crippen LogP contribution in [0.1, 0.15) is 35.4 Å². The number of ketones is 1. The minimum absolute atomic E-state index is 0.0422. The summed E-state index contributed by atoms with van der Waals surface area (Å²) in [6, 6.07) is 9.48. The van der Waals surface area contributed by atoms with E-state index in [1.165, 1.54) is 18.5 Å². The van der Waals surface area contributed by atoms with E-state index in [1.807, 2.05) is 0 Å². The molecule has 0 heterocycles. The van der Waals surface area contributed by atoms with Crippen LogP contribution in [-0.2, 0) is 9.53 Å². The third-order valence-corrected chi connectivity index (χ3v) is 4.98. The van der Waals surface area contributed by atoms with Gasteiger partial charge in [0.1, 0.15) is 11.9 Å². The van der Waals surface area contributed by atoms with Crippen LogP contribution in [0, 0.1) is 0 Å². The smallest absolute Gasteiger partial charge is 0.412 e. The molecule has 0 saturated heterocycles. The molecule has 2 aromatic carbocycles. The van der Waals surface area contributed by atoms with E-state index in [-0.39, 0.29) is 18.0 Å². The molecular formula is C20H18Br2N2O6. The fourth-order valence-electron chi connectivity index (χ4n) is 2.47. The van der Waals surface area contributed by atoms with E-state index in [9.17, 15) is 19.5 Å². The van der Waals surface area contributed by atoms with Crippen molar-refractivity contribution in [3.63, 3.8) is 0 Å². The van der Waals surface area contributed by atoms with Crippen molar-refractivity contribution in [1.29, 1.82) is 0 Å². The Bertz CT molecular complexity index is 976. The highest BCUT2D eigenvalue weighted by Gasteiger charge is 2.21. The van der Waals surface area contributed by atoms with E-state index >= 15 is 0 Å². The minimum Gasteiger partial charge on any atom is -0.506 e. The molecule has 2 amide bonds. The molecule has 0 radical (unpaired) electrons. The van der Waals surface area contributed by atoms with E-state index in [1.54, 1.807) is 36.4 Å². The maximum atomic E-state index is 12.4. The van der Waals surface area contributed by atoms with Gasteiger partial charge in [0.25, 0.3) is 5.91 Å². The number of Topliss-reactive ketones (excluding diaryl/α,β-unsaturated/α-hetero) is 1. The monoisotopic (exact) mass is 540 g/mol. The molecular weight excluding hydrogens is 524 g/mol. The normalized spacial score (nSPS) is 11.7. The second-order valence-corrected chi connectivity index (χ2v) is 7.86. The van der Waals surface area contributed by atoms with Crippen LogP contribution in [0.25, 0.3) is 0 Å². The standard InChI is InChI=1S/C20H18Br2N2O6/c1-11(25)12-5-7-14(8-6-12)23-20(28)30-17(3-2-4-18(26)24-29)15-9-13(21)10-16(22)19(15)27/h2,4-10,17,27,29H,3H2,1H3,(H,23,28)(H,24,26)/b4-2+/t17-/m1/s1. The summed E-state index contributed by atoms with van der Waals surface area (Å²) in [5.74, 6) is -0.969. The summed E-state index contributed by atoms with van der Waals surface area (Å²) in [4.78, 5) is 34.9. The van der Waals surface area contributed by atoms with Crippen molar-refractivity contribution in [2.24, 2.45) is 0 Å². The highest BCUT2D eigenvalue weighted by molar-refractivity contribution is 9.11. The van der Waals surface area contributed by atoms with Crippen LogP contribution in [0.15, 0.2) is 57.5 Å². The fourth-order valence-corrected chi connectivity index (χ4v) is 3.73. The SMILES string of the molecule is CC(=O)c1ccc(NC(=O)O[C@H](C/C=C/C(=O)NO)c2cc(Br)cc(Br)c2O)cc1. The van der Waals surface area contributed by atoms with Gasteiger partial charge in [0.15, 0.2) is 5.78 Å². The van der Waals surface area contributed by atoms with Crippen LogP contribution in [0.2, 0.25) is 0 Å². The molecule has 158 valence electrons. The third kappa shape index (κ3) is 6.68. The molecule has 0 fully saturated rings. The number of hydroxylamine groups is 1. The molecule has 0 aliphatic heterocycles. The molecule has 0 saturated carbocycles. The van der Waals surface area contributed by atoms with Crippen molar-refractivity contribution in [1.82, 2.24) is 5.48 Å². The Kier molecular flexibility index (Phi) is 8.58. The molecule has 0 bridgehead atoms. The molecule has 0 aliphatic rings. The summed E-state index contributed by atoms with van der Waals surface area (Å²) < 4.78 is 6.48. The lowest BCUT2D eigenvalue weighted by Gasteiger charge is -2.19. The van der Waals surface area contributed by atoms with E-state index < -0.39 is 18.1 Å². The Hall–Kier alpha value is -2.69. The number of hydrogen-bond acceptors (Lipinski definition) is 6. The molecule has 2 aromatic rings. The average molecular weight is 542 g/mol. The zero-order valence-corrected chi connectivity index (χ0v) is 18.9. The lowest BCUT2D eigenvalue weighted by atomic mass is 10.0. The van der Waals surface area contributed by atoms with E-state index in [0.717, 1.165) is 6.08 Å². The number of ether oxygens (including phenoxy) is 1. The highest BCUT2D eigenvalue weighted by atomic mass is 79.9. The summed E-state index contributed by atoms with van der Waals surface area (Å²) in [6.07, 6.45) is 0.753. The molecule has 0 unspecified atom stereocenters. The minimum atomic E-state index is -0.946. The van der Waals surface area contributed by atoms with Crippen molar-refractivity contribution in [3.8, 4) is 5.75 Å². The van der Waals surface area contributed by atoms with Gasteiger partial charge in [-0.05, 0) is 59.3 Å². The second-order valence-electron chi connectivity index (χ2n) is 6.09. The maximum absolute atomic E-state index is 12.4. The Morgan fingerprint density at radius 3 is 2.43 bits per heavy atom. The van der Waals surface area contributed by atoms with Gasteiger partial charge in [0.2, 0.25) is 0 Å². The van der Waals surface area contributed by atoms with Gasteiger partial charge in [0.05, 0.1) is 4.47 Å². The Balaban J connectivity index is 2.21. The Morgan fingerprint density at radius 2 is 1.83 bits per heavy atom. The molecule has 4 N–H and O–H groups in total. The zero-order valence-electron chi connectivity index (χ0n) is 15.7. The zero-order chi connectivity index (χ0) is 22.3. The van der Waals surface area contributed by atoms with Crippen molar-refractivity contribution in [2.75, 3.05) is 5.32 Å². The summed E-state index contributed by atoms with van der Waals surface area (Å²) in [5, 5.41) is 21.5. The van der Waals surface area contributed by atoms with Crippen LogP contribution in [0.5, 0.6) is 5.75 Å². The van der Waals surface area contributed by atoms with Crippen LogP contribution in [0.4, 0.5) is 10.5 Å². The summed E-state index contributed by atoms with van der Waals surface area (Å²) in [6.45, 7) is 1.44. The number of carbonyl (C=O) groups is 3. The Morgan fingerprint density at radius 1 is 1.17 bits per heavy atom. The molecule has 8 nitrogen and oxygen atoms in total. The number of carbonyl (C=O) groups excluding carboxylic acids is 3. The quantitative estimate of drug-likeness (QED) is 0.172. The first-order chi connectivity index (χ1) is 14.2.